The van der Waals surface area contributed by atoms with E-state index in [9.17, 15) is 22.4 Å². The predicted molar refractivity (Wildman–Crippen MR) is 120 cm³/mol. The van der Waals surface area contributed by atoms with Gasteiger partial charge in [0.05, 0.1) is 15.8 Å². The van der Waals surface area contributed by atoms with Crippen molar-refractivity contribution in [2.45, 2.75) is 37.5 Å². The summed E-state index contributed by atoms with van der Waals surface area (Å²) in [5, 5.41) is 3.73. The highest BCUT2D eigenvalue weighted by molar-refractivity contribution is 6.35. The lowest BCUT2D eigenvalue weighted by molar-refractivity contribution is -0.275. The van der Waals surface area contributed by atoms with E-state index in [1.165, 1.54) is 12.4 Å². The Morgan fingerprint density at radius 1 is 1.12 bits per heavy atom. The third kappa shape index (κ3) is 3.82. The molecule has 34 heavy (non-hydrogen) atoms. The minimum absolute atomic E-state index is 0.0197. The molecule has 1 saturated carbocycles. The molecule has 0 saturated heterocycles. The van der Waals surface area contributed by atoms with E-state index in [1.807, 2.05) is 0 Å². The quantitative estimate of drug-likeness (QED) is 0.206. The lowest BCUT2D eigenvalue weighted by Crippen LogP contribution is -2.42. The Morgan fingerprint density at radius 3 is 2.47 bits per heavy atom. The fourth-order valence-electron chi connectivity index (χ4n) is 4.22. The molecule has 0 radical (unpaired) electrons. The Balaban J connectivity index is 1.57. The van der Waals surface area contributed by atoms with Crippen LogP contribution >= 0.6 is 23.2 Å². The number of nitrogens with zero attached hydrogens (tertiary/aromatic N) is 2. The number of hydrogen-bond acceptors (Lipinski definition) is 4. The maximum atomic E-state index is 14.3. The van der Waals surface area contributed by atoms with Crippen LogP contribution in [0.4, 0.5) is 17.6 Å². The van der Waals surface area contributed by atoms with Crippen molar-refractivity contribution in [2.24, 2.45) is 11.1 Å². The van der Waals surface area contributed by atoms with Crippen LogP contribution < -0.4 is 0 Å². The summed E-state index contributed by atoms with van der Waals surface area (Å²) in [6, 6.07) is 6.47. The van der Waals surface area contributed by atoms with E-state index in [1.54, 1.807) is 18.2 Å². The first-order valence-corrected chi connectivity index (χ1v) is 11.2. The van der Waals surface area contributed by atoms with Gasteiger partial charge in [-0.3, -0.25) is 9.78 Å². The van der Waals surface area contributed by atoms with E-state index < -0.39 is 39.6 Å². The summed E-state index contributed by atoms with van der Waals surface area (Å²) in [6.45, 7) is 0. The van der Waals surface area contributed by atoms with E-state index in [-0.39, 0.29) is 11.5 Å². The Kier molecular flexibility index (Phi) is 5.56. The van der Waals surface area contributed by atoms with E-state index in [4.69, 9.17) is 28.0 Å². The molecular formula is C24H16Cl2F4N2O2. The number of alkyl halides is 3. The molecule has 1 unspecified atom stereocenters. The van der Waals surface area contributed by atoms with Gasteiger partial charge in [-0.2, -0.15) is 13.2 Å². The van der Waals surface area contributed by atoms with Crippen LogP contribution in [-0.4, -0.2) is 22.7 Å². The van der Waals surface area contributed by atoms with Crippen LogP contribution in [0.3, 0.4) is 0 Å². The van der Waals surface area contributed by atoms with Crippen LogP contribution in [0.25, 0.3) is 10.8 Å². The van der Waals surface area contributed by atoms with Gasteiger partial charge in [0.15, 0.2) is 11.6 Å². The van der Waals surface area contributed by atoms with Crippen molar-refractivity contribution >= 4 is 45.5 Å². The Labute approximate surface area is 201 Å². The van der Waals surface area contributed by atoms with Gasteiger partial charge in [-0.1, -0.05) is 40.5 Å². The second-order valence-electron chi connectivity index (χ2n) is 8.54. The average Bonchev–Trinajstić information content (AvgIpc) is 3.48. The van der Waals surface area contributed by atoms with E-state index >= 15 is 0 Å². The summed E-state index contributed by atoms with van der Waals surface area (Å²) < 4.78 is 56.9. The van der Waals surface area contributed by atoms with Gasteiger partial charge >= 0.3 is 6.18 Å². The molecule has 3 aromatic rings. The zero-order chi connectivity index (χ0) is 24.3. The molecular weight excluding hydrogens is 495 g/mol. The number of fused-ring (bicyclic) bond motifs is 1. The Bertz CT molecular complexity index is 1330. The molecule has 2 aliphatic rings. The number of carbonyl (C=O) groups is 1. The number of rotatable bonds is 5. The fraction of sp³-hybridized carbons (Fsp3) is 0.292. The number of oxime groups is 1. The molecule has 5 rings (SSSR count). The number of halogens is 6. The molecule has 0 spiro atoms. The van der Waals surface area contributed by atoms with Crippen molar-refractivity contribution in [1.82, 2.24) is 4.98 Å². The lowest BCUT2D eigenvalue weighted by Gasteiger charge is -2.29. The molecule has 4 nitrogen and oxygen atoms in total. The molecule has 1 aliphatic heterocycles. The molecule has 1 atom stereocenters. The maximum Gasteiger partial charge on any atom is 0.435 e. The highest BCUT2D eigenvalue weighted by atomic mass is 35.5. The van der Waals surface area contributed by atoms with Crippen molar-refractivity contribution in [2.75, 3.05) is 0 Å². The van der Waals surface area contributed by atoms with Gasteiger partial charge in [0.2, 0.25) is 0 Å². The van der Waals surface area contributed by atoms with Crippen molar-refractivity contribution in [3.63, 3.8) is 0 Å². The monoisotopic (exact) mass is 510 g/mol. The molecule has 1 fully saturated rings. The standard InChI is InChI=1S/C24H16Cl2F4N2O2/c25-18-8-13(9-19(26)22(18)27)23(24(28,29)30)10-20(32-34-23)15-3-4-16(21(33)7-12-1-2-12)17-11-31-6-5-14(15)17/h3-6,8-9,11-12H,1-2,7,10H2. The molecule has 2 aromatic carbocycles. The van der Waals surface area contributed by atoms with Crippen molar-refractivity contribution < 1.29 is 27.2 Å². The molecule has 0 N–H and O–H groups in total. The Hall–Kier alpha value is -2.71. The van der Waals surface area contributed by atoms with Gasteiger partial charge in [-0.25, -0.2) is 4.39 Å². The molecule has 10 heteroatoms. The molecule has 0 bridgehead atoms. The summed E-state index contributed by atoms with van der Waals surface area (Å²) in [7, 11) is 0. The van der Waals surface area contributed by atoms with Crippen molar-refractivity contribution in [1.29, 1.82) is 0 Å². The van der Waals surface area contributed by atoms with Crippen molar-refractivity contribution in [3.05, 3.63) is 75.3 Å². The normalized spacial score (nSPS) is 20.4. The topological polar surface area (TPSA) is 51.5 Å². The molecule has 1 aromatic heterocycles. The van der Waals surface area contributed by atoms with Gasteiger partial charge in [0.25, 0.3) is 5.60 Å². The summed E-state index contributed by atoms with van der Waals surface area (Å²) in [4.78, 5) is 21.9. The minimum atomic E-state index is -4.92. The summed E-state index contributed by atoms with van der Waals surface area (Å²) >= 11 is 11.5. The van der Waals surface area contributed by atoms with Gasteiger partial charge < -0.3 is 4.84 Å². The second kappa shape index (κ2) is 8.20. The zero-order valence-electron chi connectivity index (χ0n) is 17.4. The molecule has 2 heterocycles. The van der Waals surface area contributed by atoms with E-state index in [0.29, 0.717) is 34.2 Å². The number of benzene rings is 2. The van der Waals surface area contributed by atoms with Crippen LogP contribution in [0.2, 0.25) is 10.0 Å². The number of pyridine rings is 1. The Morgan fingerprint density at radius 2 is 1.82 bits per heavy atom. The number of hydrogen-bond donors (Lipinski definition) is 0. The minimum Gasteiger partial charge on any atom is -0.374 e. The van der Waals surface area contributed by atoms with Crippen LogP contribution in [0.5, 0.6) is 0 Å². The van der Waals surface area contributed by atoms with Crippen LogP contribution in [0.1, 0.15) is 47.2 Å². The average molecular weight is 511 g/mol. The first-order valence-electron chi connectivity index (χ1n) is 10.5. The largest absolute Gasteiger partial charge is 0.435 e. The highest BCUT2D eigenvalue weighted by Crippen LogP contribution is 2.50. The third-order valence-corrected chi connectivity index (χ3v) is 6.79. The maximum absolute atomic E-state index is 14.3. The summed E-state index contributed by atoms with van der Waals surface area (Å²) in [5.74, 6) is -0.668. The molecule has 0 amide bonds. The number of Topliss-reactive ketones (excluding diaryl/α,β-unsaturated/α-hetero) is 1. The lowest BCUT2D eigenvalue weighted by atomic mass is 9.85. The fourth-order valence-corrected chi connectivity index (χ4v) is 4.70. The number of aromatic nitrogens is 1. The summed E-state index contributed by atoms with van der Waals surface area (Å²) in [5.41, 5.74) is -2.49. The van der Waals surface area contributed by atoms with Crippen LogP contribution in [0.15, 0.2) is 47.9 Å². The van der Waals surface area contributed by atoms with Gasteiger partial charge in [-0.15, -0.1) is 0 Å². The highest BCUT2D eigenvalue weighted by Gasteiger charge is 2.62. The smallest absolute Gasteiger partial charge is 0.374 e. The van der Waals surface area contributed by atoms with E-state index in [2.05, 4.69) is 10.1 Å². The van der Waals surface area contributed by atoms with Gasteiger partial charge in [-0.05, 0) is 42.3 Å². The van der Waals surface area contributed by atoms with Gasteiger partial charge in [0.1, 0.15) is 0 Å². The number of ketones is 1. The number of carbonyl (C=O) groups excluding carboxylic acids is 1. The van der Waals surface area contributed by atoms with Crippen LogP contribution in [-0.2, 0) is 10.4 Å². The molecule has 1 aliphatic carbocycles. The first-order chi connectivity index (χ1) is 16.1. The predicted octanol–water partition coefficient (Wildman–Crippen LogP) is 7.25. The third-order valence-electron chi connectivity index (χ3n) is 6.24. The zero-order valence-corrected chi connectivity index (χ0v) is 18.9. The van der Waals surface area contributed by atoms with Crippen molar-refractivity contribution in [3.8, 4) is 0 Å². The molecule has 176 valence electrons. The summed E-state index contributed by atoms with van der Waals surface area (Å²) in [6.07, 6.45) is -0.131. The van der Waals surface area contributed by atoms with Crippen LogP contribution in [0, 0.1) is 11.7 Å². The van der Waals surface area contributed by atoms with E-state index in [0.717, 1.165) is 25.0 Å². The van der Waals surface area contributed by atoms with Gasteiger partial charge in [0, 0.05) is 47.3 Å². The second-order valence-corrected chi connectivity index (χ2v) is 9.35. The first kappa shape index (κ1) is 23.1. The SMILES string of the molecule is O=C(CC1CC1)c1ccc(C2=NOC(c3cc(Cl)c(F)c(Cl)c3)(C(F)(F)F)C2)c2ccncc12.